The fourth-order valence-electron chi connectivity index (χ4n) is 3.37. The van der Waals surface area contributed by atoms with Crippen molar-refractivity contribution in [2.45, 2.75) is 29.9 Å². The van der Waals surface area contributed by atoms with E-state index in [2.05, 4.69) is 59.6 Å². The van der Waals surface area contributed by atoms with Crippen LogP contribution >= 0.6 is 11.8 Å². The van der Waals surface area contributed by atoms with E-state index in [9.17, 15) is 5.26 Å². The molecule has 0 amide bonds. The molecule has 4 rings (SSSR count). The van der Waals surface area contributed by atoms with Crippen LogP contribution in [-0.2, 0) is 12.2 Å². The van der Waals surface area contributed by atoms with Gasteiger partial charge in [0.2, 0.25) is 11.8 Å². The second kappa shape index (κ2) is 7.83. The minimum absolute atomic E-state index is 0.139. The number of hydrogen-bond acceptors (Lipinski definition) is 5. The number of nitrogens with zero attached hydrogens (tertiary/aromatic N) is 2. The van der Waals surface area contributed by atoms with Crippen LogP contribution in [0.3, 0.4) is 0 Å². The fraction of sp³-hybridized carbons (Fsp3) is 0.182. The number of allylic oxidation sites excluding steroid dienone is 1. The Morgan fingerprint density at radius 3 is 2.64 bits per heavy atom. The number of aromatic nitrogens is 2. The number of aromatic amines is 1. The van der Waals surface area contributed by atoms with Crippen LogP contribution in [0.25, 0.3) is 0 Å². The van der Waals surface area contributed by atoms with Gasteiger partial charge in [0.05, 0.1) is 11.3 Å². The first-order valence-corrected chi connectivity index (χ1v) is 10.0. The van der Waals surface area contributed by atoms with E-state index in [-0.39, 0.29) is 11.8 Å². The molecule has 0 radical (unpaired) electrons. The van der Waals surface area contributed by atoms with Gasteiger partial charge in [0, 0.05) is 22.1 Å². The van der Waals surface area contributed by atoms with Crippen LogP contribution in [0.1, 0.15) is 28.3 Å². The van der Waals surface area contributed by atoms with Crippen molar-refractivity contribution in [3.05, 3.63) is 88.4 Å². The van der Waals surface area contributed by atoms with Crippen LogP contribution in [0.2, 0.25) is 0 Å². The third kappa shape index (κ3) is 3.62. The predicted molar refractivity (Wildman–Crippen MR) is 110 cm³/mol. The summed E-state index contributed by atoms with van der Waals surface area (Å²) in [6, 6.07) is 20.8. The third-order valence-electron chi connectivity index (χ3n) is 4.82. The second-order valence-electron chi connectivity index (χ2n) is 6.76. The summed E-state index contributed by atoms with van der Waals surface area (Å²) in [5, 5.41) is 17.1. The molecule has 0 spiro atoms. The lowest BCUT2D eigenvalue weighted by Crippen LogP contribution is -2.21. The molecule has 5 nitrogen and oxygen atoms in total. The topological polar surface area (TPSA) is 87.7 Å². The molecular formula is C22H20N4OS. The summed E-state index contributed by atoms with van der Waals surface area (Å²) >= 11 is 1.72. The average Bonchev–Trinajstić information content (AvgIpc) is 3.11. The van der Waals surface area contributed by atoms with Crippen LogP contribution < -0.4 is 10.5 Å². The maximum absolute atomic E-state index is 9.69. The number of nitrogens with one attached hydrogen (secondary N) is 1. The Bertz CT molecular complexity index is 1050. The summed E-state index contributed by atoms with van der Waals surface area (Å²) in [6.07, 6.45) is 0.669. The molecule has 1 aromatic heterocycles. The first kappa shape index (κ1) is 18.2. The Labute approximate surface area is 168 Å². The Balaban J connectivity index is 1.64. The number of thioether (sulfide) groups is 1. The highest BCUT2D eigenvalue weighted by atomic mass is 32.2. The zero-order valence-electron chi connectivity index (χ0n) is 15.5. The van der Waals surface area contributed by atoms with E-state index < -0.39 is 0 Å². The molecule has 2 aromatic carbocycles. The van der Waals surface area contributed by atoms with Crippen molar-refractivity contribution in [3.8, 4) is 11.9 Å². The van der Waals surface area contributed by atoms with Gasteiger partial charge in [-0.2, -0.15) is 5.26 Å². The molecule has 0 bridgehead atoms. The molecule has 140 valence electrons. The molecule has 28 heavy (non-hydrogen) atoms. The van der Waals surface area contributed by atoms with Crippen molar-refractivity contribution in [1.29, 1.82) is 5.26 Å². The van der Waals surface area contributed by atoms with Gasteiger partial charge in [0.1, 0.15) is 6.07 Å². The molecule has 2 heterocycles. The van der Waals surface area contributed by atoms with E-state index in [1.54, 1.807) is 11.8 Å². The Morgan fingerprint density at radius 1 is 1.18 bits per heavy atom. The smallest absolute Gasteiger partial charge is 0.243 e. The number of hydrogen-bond donors (Lipinski definition) is 2. The minimum atomic E-state index is -0.177. The Kier molecular flexibility index (Phi) is 5.09. The van der Waals surface area contributed by atoms with Gasteiger partial charge in [-0.3, -0.25) is 5.10 Å². The summed E-state index contributed by atoms with van der Waals surface area (Å²) in [6.45, 7) is 2.07. The molecule has 0 saturated carbocycles. The normalized spacial score (nSPS) is 15.6. The van der Waals surface area contributed by atoms with Crippen molar-refractivity contribution < 1.29 is 4.74 Å². The summed E-state index contributed by atoms with van der Waals surface area (Å²) < 4.78 is 5.63. The number of rotatable bonds is 5. The summed E-state index contributed by atoms with van der Waals surface area (Å²) in [7, 11) is 0. The van der Waals surface area contributed by atoms with Crippen LogP contribution in [0, 0.1) is 18.3 Å². The van der Waals surface area contributed by atoms with Gasteiger partial charge in [-0.05, 0) is 31.0 Å². The van der Waals surface area contributed by atoms with Gasteiger partial charge in [-0.15, -0.1) is 16.9 Å². The standard InChI is InChI=1S/C22H20N4OS/c1-14-7-9-16(10-8-14)28-13-19-20-17(11-15-5-3-2-4-6-15)18(12-23)21(24)27-22(20)26-25-19/h2-10,17H,11,13,24H2,1H3,(H,25,26). The number of ether oxygens (including phenoxy) is 1. The molecule has 0 aliphatic carbocycles. The van der Waals surface area contributed by atoms with Crippen molar-refractivity contribution in [2.75, 3.05) is 0 Å². The van der Waals surface area contributed by atoms with E-state index in [1.807, 2.05) is 18.2 Å². The van der Waals surface area contributed by atoms with Gasteiger partial charge < -0.3 is 10.5 Å². The lowest BCUT2D eigenvalue weighted by atomic mass is 9.85. The number of nitrogens with two attached hydrogens (primary N) is 1. The van der Waals surface area contributed by atoms with Gasteiger partial charge >= 0.3 is 0 Å². The highest BCUT2D eigenvalue weighted by Crippen LogP contribution is 2.42. The van der Waals surface area contributed by atoms with Gasteiger partial charge in [0.25, 0.3) is 0 Å². The molecule has 1 unspecified atom stereocenters. The minimum Gasteiger partial charge on any atom is -0.420 e. The van der Waals surface area contributed by atoms with Crippen molar-refractivity contribution in [3.63, 3.8) is 0 Å². The first-order chi connectivity index (χ1) is 13.7. The summed E-state index contributed by atoms with van der Waals surface area (Å²) in [5.74, 6) is 1.14. The highest BCUT2D eigenvalue weighted by Gasteiger charge is 2.34. The number of H-pyrrole nitrogens is 1. The monoisotopic (exact) mass is 388 g/mol. The maximum Gasteiger partial charge on any atom is 0.243 e. The van der Waals surface area contributed by atoms with E-state index >= 15 is 0 Å². The molecular weight excluding hydrogens is 368 g/mol. The molecule has 6 heteroatoms. The number of benzene rings is 2. The lowest BCUT2D eigenvalue weighted by Gasteiger charge is -2.23. The predicted octanol–water partition coefficient (Wildman–Crippen LogP) is 4.42. The van der Waals surface area contributed by atoms with E-state index in [4.69, 9.17) is 10.5 Å². The molecule has 1 aliphatic rings. The van der Waals surface area contributed by atoms with Gasteiger partial charge in [-0.25, -0.2) is 0 Å². The van der Waals surface area contributed by atoms with Gasteiger partial charge in [0.15, 0.2) is 0 Å². The SMILES string of the molecule is Cc1ccc(SCc2[nH]nc3c2C(Cc2ccccc2)C(C#N)=C(N)O3)cc1. The second-order valence-corrected chi connectivity index (χ2v) is 7.81. The quantitative estimate of drug-likeness (QED) is 0.632. The number of aryl methyl sites for hydroxylation is 1. The van der Waals surface area contributed by atoms with Crippen molar-refractivity contribution >= 4 is 11.8 Å². The molecule has 1 aliphatic heterocycles. The molecule has 3 aromatic rings. The number of fused-ring (bicyclic) bond motifs is 1. The van der Waals surface area contributed by atoms with Gasteiger partial charge in [-0.1, -0.05) is 48.0 Å². The van der Waals surface area contributed by atoms with E-state index in [0.29, 0.717) is 23.6 Å². The largest absolute Gasteiger partial charge is 0.420 e. The van der Waals surface area contributed by atoms with Crippen molar-refractivity contribution in [1.82, 2.24) is 10.2 Å². The van der Waals surface area contributed by atoms with E-state index in [0.717, 1.165) is 16.8 Å². The molecule has 1 atom stereocenters. The number of nitriles is 1. The van der Waals surface area contributed by atoms with E-state index in [1.165, 1.54) is 10.5 Å². The fourth-order valence-corrected chi connectivity index (χ4v) is 4.23. The van der Waals surface area contributed by atoms with Crippen molar-refractivity contribution in [2.24, 2.45) is 5.73 Å². The third-order valence-corrected chi connectivity index (χ3v) is 5.86. The Hall–Kier alpha value is -3.17. The summed E-state index contributed by atoms with van der Waals surface area (Å²) in [4.78, 5) is 1.18. The summed E-state index contributed by atoms with van der Waals surface area (Å²) in [5.41, 5.74) is 10.7. The Morgan fingerprint density at radius 2 is 1.93 bits per heavy atom. The highest BCUT2D eigenvalue weighted by molar-refractivity contribution is 7.98. The zero-order valence-corrected chi connectivity index (χ0v) is 16.3. The van der Waals surface area contributed by atoms with Crippen LogP contribution in [0.5, 0.6) is 5.88 Å². The first-order valence-electron chi connectivity index (χ1n) is 9.04. The molecule has 3 N–H and O–H groups in total. The molecule has 0 saturated heterocycles. The zero-order chi connectivity index (χ0) is 19.5. The van der Waals surface area contributed by atoms with Crippen LogP contribution in [0.4, 0.5) is 0 Å². The van der Waals surface area contributed by atoms with Crippen LogP contribution in [-0.4, -0.2) is 10.2 Å². The molecule has 0 fully saturated rings. The maximum atomic E-state index is 9.69. The average molecular weight is 388 g/mol. The lowest BCUT2D eigenvalue weighted by molar-refractivity contribution is 0.373. The van der Waals surface area contributed by atoms with Crippen LogP contribution in [0.15, 0.2) is 70.9 Å².